The molecule has 1 saturated heterocycles. The lowest BCUT2D eigenvalue weighted by Crippen LogP contribution is -2.26. The Morgan fingerprint density at radius 3 is 2.38 bits per heavy atom. The summed E-state index contributed by atoms with van der Waals surface area (Å²) in [5, 5.41) is 9.00. The fraction of sp³-hybridized carbons (Fsp3) is 0.533. The summed E-state index contributed by atoms with van der Waals surface area (Å²) >= 11 is 0. The zero-order chi connectivity index (χ0) is 15.1. The van der Waals surface area contributed by atoms with Crippen molar-refractivity contribution in [3.63, 3.8) is 0 Å². The first-order valence-corrected chi connectivity index (χ1v) is 6.90. The van der Waals surface area contributed by atoms with Crippen molar-refractivity contribution in [1.82, 2.24) is 4.90 Å². The quantitative estimate of drug-likeness (QED) is 0.894. The molecular weight excluding hydrogens is 277 g/mol. The van der Waals surface area contributed by atoms with Crippen LogP contribution in [0.2, 0.25) is 0 Å². The molecule has 1 N–H and O–H groups in total. The molecule has 0 amide bonds. The number of nitrogens with zero attached hydrogens (tertiary/aromatic N) is 1. The first-order chi connectivity index (χ1) is 10.0. The van der Waals surface area contributed by atoms with Gasteiger partial charge in [0, 0.05) is 31.3 Å². The number of rotatable bonds is 5. The van der Waals surface area contributed by atoms with Gasteiger partial charge in [0.05, 0.1) is 20.1 Å². The maximum atomic E-state index is 14.1. The molecule has 0 spiro atoms. The molecule has 6 heteroatoms. The highest BCUT2D eigenvalue weighted by Gasteiger charge is 2.59. The van der Waals surface area contributed by atoms with Crippen LogP contribution in [-0.2, 0) is 11.3 Å². The van der Waals surface area contributed by atoms with Crippen LogP contribution < -0.4 is 9.47 Å². The number of carboxylic acid groups (broad SMARTS) is 1. The first kappa shape index (κ1) is 14.1. The third-order valence-corrected chi connectivity index (χ3v) is 4.50. The molecule has 1 saturated carbocycles. The average molecular weight is 295 g/mol. The van der Waals surface area contributed by atoms with Crippen molar-refractivity contribution >= 4 is 5.97 Å². The summed E-state index contributed by atoms with van der Waals surface area (Å²) in [6, 6.07) is 2.97. The summed E-state index contributed by atoms with van der Waals surface area (Å²) in [5.74, 6) is 0.0912. The van der Waals surface area contributed by atoms with Gasteiger partial charge < -0.3 is 14.6 Å². The molecule has 2 fully saturated rings. The predicted octanol–water partition coefficient (Wildman–Crippen LogP) is 1.61. The number of methoxy groups -OCH3 is 2. The zero-order valence-electron chi connectivity index (χ0n) is 12.0. The number of halogens is 1. The van der Waals surface area contributed by atoms with Gasteiger partial charge >= 0.3 is 5.97 Å². The predicted molar refractivity (Wildman–Crippen MR) is 72.9 cm³/mol. The lowest BCUT2D eigenvalue weighted by molar-refractivity contribution is -0.139. The van der Waals surface area contributed by atoms with E-state index in [1.807, 2.05) is 0 Å². The van der Waals surface area contributed by atoms with Crippen LogP contribution in [-0.4, -0.2) is 43.3 Å². The van der Waals surface area contributed by atoms with E-state index in [0.29, 0.717) is 23.6 Å². The van der Waals surface area contributed by atoms with E-state index >= 15 is 0 Å². The fourth-order valence-electron chi connectivity index (χ4n) is 3.37. The molecule has 0 bridgehead atoms. The van der Waals surface area contributed by atoms with Gasteiger partial charge in [-0.2, -0.15) is 0 Å². The average Bonchev–Trinajstić information content (AvgIpc) is 2.98. The molecule has 2 aliphatic rings. The zero-order valence-corrected chi connectivity index (χ0v) is 12.0. The van der Waals surface area contributed by atoms with Gasteiger partial charge in [-0.25, -0.2) is 4.39 Å². The minimum Gasteiger partial charge on any atom is -0.493 e. The van der Waals surface area contributed by atoms with Crippen molar-refractivity contribution in [3.05, 3.63) is 23.5 Å². The number of hydrogen-bond acceptors (Lipinski definition) is 4. The molecule has 114 valence electrons. The van der Waals surface area contributed by atoms with E-state index in [4.69, 9.17) is 14.6 Å². The highest BCUT2D eigenvalue weighted by Crippen LogP contribution is 2.52. The molecule has 3 rings (SSSR count). The highest BCUT2D eigenvalue weighted by atomic mass is 19.1. The van der Waals surface area contributed by atoms with Crippen molar-refractivity contribution < 1.29 is 23.8 Å². The van der Waals surface area contributed by atoms with Crippen molar-refractivity contribution in [3.8, 4) is 11.5 Å². The molecule has 21 heavy (non-hydrogen) atoms. The Labute approximate surface area is 122 Å². The Bertz CT molecular complexity index is 565. The smallest absolute Gasteiger partial charge is 0.307 e. The Morgan fingerprint density at radius 2 is 1.86 bits per heavy atom. The highest BCUT2D eigenvalue weighted by molar-refractivity contribution is 5.74. The van der Waals surface area contributed by atoms with Gasteiger partial charge in [-0.1, -0.05) is 0 Å². The summed E-state index contributed by atoms with van der Waals surface area (Å²) < 4.78 is 24.3. The number of likely N-dealkylation sites (tertiary alicyclic amines) is 1. The summed E-state index contributed by atoms with van der Waals surface area (Å²) in [5.41, 5.74) is 0.542. The van der Waals surface area contributed by atoms with Gasteiger partial charge in [-0.3, -0.25) is 9.69 Å². The Morgan fingerprint density at radius 1 is 1.29 bits per heavy atom. The van der Waals surface area contributed by atoms with Crippen molar-refractivity contribution in [2.75, 3.05) is 27.3 Å². The standard InChI is InChI=1S/C15H18FNO4/c1-20-12-3-8(11(16)4-13(12)21-2)5-17-6-9-10(7-17)14(9)15(18)19/h3-4,9-10,14H,5-7H2,1-2H3,(H,18,19). The third kappa shape index (κ3) is 2.44. The van der Waals surface area contributed by atoms with Crippen LogP contribution >= 0.6 is 0 Å². The normalized spacial score (nSPS) is 27.3. The molecule has 0 aromatic heterocycles. The molecule has 5 nitrogen and oxygen atoms in total. The Hall–Kier alpha value is -1.82. The van der Waals surface area contributed by atoms with E-state index < -0.39 is 5.97 Å². The van der Waals surface area contributed by atoms with Crippen molar-refractivity contribution in [2.45, 2.75) is 6.54 Å². The number of carbonyl (C=O) groups is 1. The number of aliphatic carboxylic acids is 1. The molecule has 2 unspecified atom stereocenters. The van der Waals surface area contributed by atoms with E-state index in [1.54, 1.807) is 6.07 Å². The maximum Gasteiger partial charge on any atom is 0.307 e. The number of hydrogen-bond donors (Lipinski definition) is 1. The van der Waals surface area contributed by atoms with Crippen LogP contribution in [0.4, 0.5) is 4.39 Å². The van der Waals surface area contributed by atoms with E-state index in [1.165, 1.54) is 20.3 Å². The monoisotopic (exact) mass is 295 g/mol. The number of ether oxygens (including phenoxy) is 2. The van der Waals surface area contributed by atoms with E-state index in [2.05, 4.69) is 4.90 Å². The maximum absolute atomic E-state index is 14.1. The summed E-state index contributed by atoms with van der Waals surface area (Å²) in [4.78, 5) is 13.0. The second-order valence-electron chi connectivity index (χ2n) is 5.68. The molecule has 1 aliphatic heterocycles. The van der Waals surface area contributed by atoms with Crippen LogP contribution in [0.25, 0.3) is 0 Å². The van der Waals surface area contributed by atoms with Crippen LogP contribution in [0.15, 0.2) is 12.1 Å². The molecule has 1 aliphatic carbocycles. The second-order valence-corrected chi connectivity index (χ2v) is 5.68. The second kappa shape index (κ2) is 5.18. The van der Waals surface area contributed by atoms with Crippen LogP contribution in [0.3, 0.4) is 0 Å². The lowest BCUT2D eigenvalue weighted by atomic mass is 10.1. The summed E-state index contributed by atoms with van der Waals surface area (Å²) in [6.45, 7) is 1.90. The van der Waals surface area contributed by atoms with Crippen molar-refractivity contribution in [2.24, 2.45) is 17.8 Å². The van der Waals surface area contributed by atoms with Crippen molar-refractivity contribution in [1.29, 1.82) is 0 Å². The van der Waals surface area contributed by atoms with Gasteiger partial charge in [-0.05, 0) is 17.9 Å². The minimum atomic E-state index is -0.707. The molecule has 0 radical (unpaired) electrons. The van der Waals surface area contributed by atoms with E-state index in [-0.39, 0.29) is 23.6 Å². The minimum absolute atomic E-state index is 0.198. The topological polar surface area (TPSA) is 59.0 Å². The molecule has 1 aromatic rings. The summed E-state index contributed by atoms with van der Waals surface area (Å²) in [6.07, 6.45) is 0. The Kier molecular flexibility index (Phi) is 3.49. The number of carboxylic acids is 1. The summed E-state index contributed by atoms with van der Waals surface area (Å²) in [7, 11) is 2.99. The molecule has 1 heterocycles. The van der Waals surface area contributed by atoms with Crippen LogP contribution in [0.5, 0.6) is 11.5 Å². The first-order valence-electron chi connectivity index (χ1n) is 6.90. The molecular formula is C15H18FNO4. The van der Waals surface area contributed by atoms with Gasteiger partial charge in [0.2, 0.25) is 0 Å². The lowest BCUT2D eigenvalue weighted by Gasteiger charge is -2.20. The van der Waals surface area contributed by atoms with E-state index in [9.17, 15) is 9.18 Å². The van der Waals surface area contributed by atoms with Gasteiger partial charge in [0.1, 0.15) is 5.82 Å². The largest absolute Gasteiger partial charge is 0.493 e. The number of piperidine rings is 1. The van der Waals surface area contributed by atoms with Gasteiger partial charge in [-0.15, -0.1) is 0 Å². The van der Waals surface area contributed by atoms with Crippen LogP contribution in [0, 0.1) is 23.6 Å². The SMILES string of the molecule is COc1cc(F)c(CN2CC3C(C2)C3C(=O)O)cc1OC. The fourth-order valence-corrected chi connectivity index (χ4v) is 3.37. The Balaban J connectivity index is 1.68. The molecule has 2 atom stereocenters. The van der Waals surface area contributed by atoms with Gasteiger partial charge in [0.15, 0.2) is 11.5 Å². The molecule has 1 aromatic carbocycles. The number of benzene rings is 1. The van der Waals surface area contributed by atoms with E-state index in [0.717, 1.165) is 13.1 Å². The van der Waals surface area contributed by atoms with Gasteiger partial charge in [0.25, 0.3) is 0 Å². The number of fused-ring (bicyclic) bond motifs is 1. The van der Waals surface area contributed by atoms with Crippen LogP contribution in [0.1, 0.15) is 5.56 Å². The third-order valence-electron chi connectivity index (χ3n) is 4.50.